The van der Waals surface area contributed by atoms with E-state index in [0.29, 0.717) is 13.0 Å². The van der Waals surface area contributed by atoms with Crippen molar-refractivity contribution in [1.29, 1.82) is 0 Å². The first-order valence-electron chi connectivity index (χ1n) is 6.40. The first-order valence-corrected chi connectivity index (χ1v) is 6.40. The Bertz CT molecular complexity index is 407. The zero-order valence-electron chi connectivity index (χ0n) is 10.8. The number of rotatable bonds is 4. The lowest BCUT2D eigenvalue weighted by Gasteiger charge is -2.26. The van der Waals surface area contributed by atoms with Gasteiger partial charge in [0.2, 0.25) is 5.91 Å². The van der Waals surface area contributed by atoms with E-state index in [9.17, 15) is 4.79 Å². The second-order valence-electron chi connectivity index (χ2n) is 4.49. The van der Waals surface area contributed by atoms with Gasteiger partial charge in [0.1, 0.15) is 0 Å². The van der Waals surface area contributed by atoms with Crippen molar-refractivity contribution in [1.82, 2.24) is 4.90 Å². The number of ether oxygens (including phenoxy) is 1. The molecule has 4 nitrogen and oxygen atoms in total. The Hall–Kier alpha value is -1.55. The summed E-state index contributed by atoms with van der Waals surface area (Å²) in [6, 6.07) is 8.01. The van der Waals surface area contributed by atoms with E-state index in [4.69, 9.17) is 4.74 Å². The molecule has 1 N–H and O–H groups in total. The molecule has 0 aliphatic carbocycles. The van der Waals surface area contributed by atoms with Crippen LogP contribution in [0.5, 0.6) is 0 Å². The summed E-state index contributed by atoms with van der Waals surface area (Å²) in [5.74, 6) is 0.208. The van der Waals surface area contributed by atoms with Crippen LogP contribution in [0.15, 0.2) is 24.3 Å². The van der Waals surface area contributed by atoms with Crippen molar-refractivity contribution in [2.75, 3.05) is 38.7 Å². The first kappa shape index (κ1) is 12.9. The molecule has 98 valence electrons. The Morgan fingerprint density at radius 1 is 1.39 bits per heavy atom. The minimum Gasteiger partial charge on any atom is -0.385 e. The van der Waals surface area contributed by atoms with E-state index < -0.39 is 0 Å². The van der Waals surface area contributed by atoms with Crippen LogP contribution in [0.3, 0.4) is 0 Å². The van der Waals surface area contributed by atoms with Crippen molar-refractivity contribution >= 4 is 11.6 Å². The molecule has 0 fully saturated rings. The van der Waals surface area contributed by atoms with E-state index in [-0.39, 0.29) is 5.91 Å². The number of hydrogen-bond acceptors (Lipinski definition) is 3. The standard InChI is InChI=1S/C14H20N2O2/c1-18-10-4-8-16-9-7-15-13-6-3-2-5-12(13)11-14(16)17/h2-3,5-6,15H,4,7-11H2,1H3. The van der Waals surface area contributed by atoms with Crippen LogP contribution >= 0.6 is 0 Å². The van der Waals surface area contributed by atoms with Crippen molar-refractivity contribution in [3.05, 3.63) is 29.8 Å². The molecule has 0 spiro atoms. The summed E-state index contributed by atoms with van der Waals surface area (Å²) >= 11 is 0. The fraction of sp³-hybridized carbons (Fsp3) is 0.500. The lowest BCUT2D eigenvalue weighted by Crippen LogP contribution is -2.38. The number of methoxy groups -OCH3 is 1. The number of carbonyl (C=O) groups is 1. The molecule has 0 atom stereocenters. The van der Waals surface area contributed by atoms with Crippen LogP contribution in [-0.4, -0.2) is 44.2 Å². The normalized spacial score (nSPS) is 15.6. The minimum absolute atomic E-state index is 0.208. The zero-order valence-corrected chi connectivity index (χ0v) is 10.8. The van der Waals surface area contributed by atoms with Gasteiger partial charge in [-0.1, -0.05) is 18.2 Å². The molecule has 0 unspecified atom stereocenters. The molecular weight excluding hydrogens is 228 g/mol. The van der Waals surface area contributed by atoms with Crippen LogP contribution in [0.2, 0.25) is 0 Å². The Labute approximate surface area is 108 Å². The molecule has 0 radical (unpaired) electrons. The largest absolute Gasteiger partial charge is 0.385 e. The van der Waals surface area contributed by atoms with E-state index in [0.717, 1.165) is 37.3 Å². The molecule has 4 heteroatoms. The molecule has 0 aromatic heterocycles. The van der Waals surface area contributed by atoms with Crippen molar-refractivity contribution in [3.8, 4) is 0 Å². The van der Waals surface area contributed by atoms with Crippen LogP contribution in [0.1, 0.15) is 12.0 Å². The van der Waals surface area contributed by atoms with Gasteiger partial charge in [0.05, 0.1) is 6.42 Å². The number of fused-ring (bicyclic) bond motifs is 1. The highest BCUT2D eigenvalue weighted by molar-refractivity contribution is 5.81. The van der Waals surface area contributed by atoms with E-state index in [2.05, 4.69) is 5.32 Å². The third-order valence-corrected chi connectivity index (χ3v) is 3.19. The maximum atomic E-state index is 12.2. The monoisotopic (exact) mass is 248 g/mol. The summed E-state index contributed by atoms with van der Waals surface area (Å²) in [6.45, 7) is 3.04. The number of hydrogen-bond donors (Lipinski definition) is 1. The van der Waals surface area contributed by atoms with Crippen LogP contribution in [0.4, 0.5) is 5.69 Å². The average molecular weight is 248 g/mol. The second-order valence-corrected chi connectivity index (χ2v) is 4.49. The van der Waals surface area contributed by atoms with Gasteiger partial charge in [-0.2, -0.15) is 0 Å². The maximum Gasteiger partial charge on any atom is 0.227 e. The second kappa shape index (κ2) is 6.40. The molecule has 1 aromatic carbocycles. The fourth-order valence-corrected chi connectivity index (χ4v) is 2.21. The molecule has 1 aromatic rings. The van der Waals surface area contributed by atoms with E-state index >= 15 is 0 Å². The summed E-state index contributed by atoms with van der Waals surface area (Å²) in [5, 5.41) is 3.38. The topological polar surface area (TPSA) is 41.6 Å². The van der Waals surface area contributed by atoms with Crippen LogP contribution in [-0.2, 0) is 16.0 Å². The minimum atomic E-state index is 0.208. The van der Waals surface area contributed by atoms with E-state index in [1.54, 1.807) is 7.11 Å². The lowest BCUT2D eigenvalue weighted by atomic mass is 10.1. The van der Waals surface area contributed by atoms with Gasteiger partial charge in [-0.3, -0.25) is 4.79 Å². The number of nitrogens with one attached hydrogen (secondary N) is 1. The van der Waals surface area contributed by atoms with Gasteiger partial charge in [-0.15, -0.1) is 0 Å². The molecule has 1 heterocycles. The number of anilines is 1. The summed E-state index contributed by atoms with van der Waals surface area (Å²) in [4.78, 5) is 14.1. The lowest BCUT2D eigenvalue weighted by molar-refractivity contribution is -0.130. The molecule has 1 amide bonds. The van der Waals surface area contributed by atoms with Gasteiger partial charge >= 0.3 is 0 Å². The fourth-order valence-electron chi connectivity index (χ4n) is 2.21. The molecule has 2 rings (SSSR count). The molecule has 1 aliphatic heterocycles. The first-order chi connectivity index (χ1) is 8.81. The third kappa shape index (κ3) is 3.23. The van der Waals surface area contributed by atoms with Crippen LogP contribution in [0.25, 0.3) is 0 Å². The SMILES string of the molecule is COCCCN1CCNc2ccccc2CC1=O. The van der Waals surface area contributed by atoms with Gasteiger partial charge in [0.15, 0.2) is 0 Å². The molecule has 1 aliphatic rings. The Balaban J connectivity index is 2.01. The quantitative estimate of drug-likeness (QED) is 0.821. The van der Waals surface area contributed by atoms with Gasteiger partial charge < -0.3 is 15.0 Å². The number of benzene rings is 1. The summed E-state index contributed by atoms with van der Waals surface area (Å²) < 4.78 is 5.03. The zero-order chi connectivity index (χ0) is 12.8. The van der Waals surface area contributed by atoms with Gasteiger partial charge in [0.25, 0.3) is 0 Å². The Morgan fingerprint density at radius 2 is 2.22 bits per heavy atom. The van der Waals surface area contributed by atoms with Gasteiger partial charge in [-0.25, -0.2) is 0 Å². The summed E-state index contributed by atoms with van der Waals surface area (Å²) in [5.41, 5.74) is 2.17. The number of nitrogens with zero attached hydrogens (tertiary/aromatic N) is 1. The van der Waals surface area contributed by atoms with Gasteiger partial charge in [0, 0.05) is 39.0 Å². The van der Waals surface area contributed by atoms with Crippen molar-refractivity contribution in [3.63, 3.8) is 0 Å². The molecule has 18 heavy (non-hydrogen) atoms. The highest BCUT2D eigenvalue weighted by atomic mass is 16.5. The van der Waals surface area contributed by atoms with Crippen LogP contribution < -0.4 is 5.32 Å². The number of carbonyl (C=O) groups excluding carboxylic acids is 1. The van der Waals surface area contributed by atoms with Crippen molar-refractivity contribution in [2.45, 2.75) is 12.8 Å². The highest BCUT2D eigenvalue weighted by Gasteiger charge is 2.17. The maximum absolute atomic E-state index is 12.2. The molecule has 0 saturated heterocycles. The number of amides is 1. The molecule has 0 saturated carbocycles. The third-order valence-electron chi connectivity index (χ3n) is 3.19. The molecular formula is C14H20N2O2. The summed E-state index contributed by atoms with van der Waals surface area (Å²) in [7, 11) is 1.69. The van der Waals surface area contributed by atoms with Crippen molar-refractivity contribution in [2.24, 2.45) is 0 Å². The highest BCUT2D eigenvalue weighted by Crippen LogP contribution is 2.18. The predicted octanol–water partition coefficient (Wildman–Crippen LogP) is 1.52. The molecule has 0 bridgehead atoms. The average Bonchev–Trinajstić information content (AvgIpc) is 2.37. The smallest absolute Gasteiger partial charge is 0.227 e. The predicted molar refractivity (Wildman–Crippen MR) is 71.7 cm³/mol. The van der Waals surface area contributed by atoms with Gasteiger partial charge in [-0.05, 0) is 18.1 Å². The van der Waals surface area contributed by atoms with Crippen molar-refractivity contribution < 1.29 is 9.53 Å². The Morgan fingerprint density at radius 3 is 3.06 bits per heavy atom. The van der Waals surface area contributed by atoms with E-state index in [1.165, 1.54) is 0 Å². The van der Waals surface area contributed by atoms with Crippen LogP contribution in [0, 0.1) is 0 Å². The summed E-state index contributed by atoms with van der Waals surface area (Å²) in [6.07, 6.45) is 1.38. The number of para-hydroxylation sites is 1. The van der Waals surface area contributed by atoms with E-state index in [1.807, 2.05) is 29.2 Å². The Kier molecular flexibility index (Phi) is 4.59.